The number of carbonyl (C=O) groups excluding carboxylic acids is 1. The number of terminal acetylenes is 1. The third-order valence-electron chi connectivity index (χ3n) is 5.35. The summed E-state index contributed by atoms with van der Waals surface area (Å²) >= 11 is 0. The van der Waals surface area contributed by atoms with E-state index in [4.69, 9.17) is 6.42 Å². The van der Waals surface area contributed by atoms with Crippen LogP contribution in [-0.4, -0.2) is 19.5 Å². The molecule has 4 rings (SSSR count). The first-order valence-corrected chi connectivity index (χ1v) is 9.94. The third-order valence-corrected chi connectivity index (χ3v) is 5.35. The number of nitrogens with zero attached hydrogens (tertiary/aromatic N) is 1. The van der Waals surface area contributed by atoms with E-state index in [0.717, 1.165) is 29.8 Å². The Morgan fingerprint density at radius 3 is 2.57 bits per heavy atom. The molecule has 3 aromatic carbocycles. The van der Waals surface area contributed by atoms with Crippen molar-refractivity contribution in [2.24, 2.45) is 0 Å². The highest BCUT2D eigenvalue weighted by molar-refractivity contribution is 5.94. The molecule has 0 bridgehead atoms. The molecule has 1 aliphatic heterocycles. The second-order valence-corrected chi connectivity index (χ2v) is 7.17. The van der Waals surface area contributed by atoms with E-state index in [0.29, 0.717) is 5.56 Å². The lowest BCUT2D eigenvalue weighted by Crippen LogP contribution is -2.34. The molecule has 0 spiro atoms. The zero-order valence-corrected chi connectivity index (χ0v) is 16.9. The van der Waals surface area contributed by atoms with Crippen molar-refractivity contribution in [1.82, 2.24) is 5.32 Å². The predicted octanol–water partition coefficient (Wildman–Crippen LogP) is 4.18. The summed E-state index contributed by atoms with van der Waals surface area (Å²) < 4.78 is 0. The minimum absolute atomic E-state index is 0.0738. The first-order chi connectivity index (χ1) is 14.7. The molecule has 0 saturated carbocycles. The Bertz CT molecular complexity index is 1180. The Morgan fingerprint density at radius 1 is 1.03 bits per heavy atom. The number of hydrogen-bond acceptors (Lipinski definition) is 2. The van der Waals surface area contributed by atoms with Crippen molar-refractivity contribution < 1.29 is 4.79 Å². The lowest BCUT2D eigenvalue weighted by molar-refractivity contribution is 0.0963. The standard InChI is InChI=1S/C27H22N2O/c1-3-20-7-6-8-21(19-20)11-16-26-25-10-5-4-9-22(25)17-18-29(26)24-14-12-23(13-15-24)27(30)28-2/h1,4-10,12-15,19,26H,17-18H2,2H3,(H,28,30). The first kappa shape index (κ1) is 19.4. The molecular formula is C27H22N2O. The van der Waals surface area contributed by atoms with Crippen LogP contribution in [0.15, 0.2) is 72.8 Å². The van der Waals surface area contributed by atoms with Crippen LogP contribution in [0.5, 0.6) is 0 Å². The maximum absolute atomic E-state index is 11.9. The van der Waals surface area contributed by atoms with Gasteiger partial charge in [0.05, 0.1) is 0 Å². The van der Waals surface area contributed by atoms with Crippen molar-refractivity contribution in [2.45, 2.75) is 12.5 Å². The highest BCUT2D eigenvalue weighted by Crippen LogP contribution is 2.33. The van der Waals surface area contributed by atoms with Crippen molar-refractivity contribution in [3.05, 3.63) is 101 Å². The van der Waals surface area contributed by atoms with Gasteiger partial charge in [-0.15, -0.1) is 6.42 Å². The second-order valence-electron chi connectivity index (χ2n) is 7.17. The van der Waals surface area contributed by atoms with Gasteiger partial charge in [-0.3, -0.25) is 4.79 Å². The molecule has 1 N–H and O–H groups in total. The lowest BCUT2D eigenvalue weighted by Gasteiger charge is -2.36. The monoisotopic (exact) mass is 390 g/mol. The van der Waals surface area contributed by atoms with Gasteiger partial charge in [0.25, 0.3) is 5.91 Å². The van der Waals surface area contributed by atoms with Crippen LogP contribution in [0, 0.1) is 24.2 Å². The molecule has 1 amide bonds. The Hall–Kier alpha value is -3.95. The minimum Gasteiger partial charge on any atom is -0.355 e. The van der Waals surface area contributed by atoms with Gasteiger partial charge in [-0.05, 0) is 60.0 Å². The van der Waals surface area contributed by atoms with E-state index < -0.39 is 0 Å². The number of carbonyl (C=O) groups is 1. The van der Waals surface area contributed by atoms with Gasteiger partial charge in [0.1, 0.15) is 6.04 Å². The van der Waals surface area contributed by atoms with Crippen LogP contribution in [0.2, 0.25) is 0 Å². The van der Waals surface area contributed by atoms with E-state index in [1.807, 2.05) is 48.5 Å². The van der Waals surface area contributed by atoms with Crippen LogP contribution in [0.3, 0.4) is 0 Å². The Kier molecular flexibility index (Phi) is 5.55. The molecule has 3 nitrogen and oxygen atoms in total. The number of fused-ring (bicyclic) bond motifs is 1. The van der Waals surface area contributed by atoms with E-state index in [9.17, 15) is 4.79 Å². The number of rotatable bonds is 2. The van der Waals surface area contributed by atoms with E-state index >= 15 is 0 Å². The second kappa shape index (κ2) is 8.60. The topological polar surface area (TPSA) is 32.3 Å². The van der Waals surface area contributed by atoms with Crippen molar-refractivity contribution in [3.8, 4) is 24.2 Å². The molecule has 0 aromatic heterocycles. The highest BCUT2D eigenvalue weighted by atomic mass is 16.1. The maximum Gasteiger partial charge on any atom is 0.251 e. The van der Waals surface area contributed by atoms with Crippen LogP contribution < -0.4 is 10.2 Å². The molecule has 0 aliphatic carbocycles. The van der Waals surface area contributed by atoms with Gasteiger partial charge >= 0.3 is 0 Å². The number of hydrogen-bond donors (Lipinski definition) is 1. The summed E-state index contributed by atoms with van der Waals surface area (Å²) in [5, 5.41) is 2.66. The quantitative estimate of drug-likeness (QED) is 0.666. The van der Waals surface area contributed by atoms with Crippen molar-refractivity contribution in [3.63, 3.8) is 0 Å². The summed E-state index contributed by atoms with van der Waals surface area (Å²) in [7, 11) is 1.64. The number of nitrogens with one attached hydrogen (secondary N) is 1. The molecule has 0 saturated heterocycles. The largest absolute Gasteiger partial charge is 0.355 e. The number of anilines is 1. The van der Waals surface area contributed by atoms with Gasteiger partial charge in [0.2, 0.25) is 0 Å². The van der Waals surface area contributed by atoms with Crippen molar-refractivity contribution >= 4 is 11.6 Å². The van der Waals surface area contributed by atoms with Crippen LogP contribution >= 0.6 is 0 Å². The molecule has 30 heavy (non-hydrogen) atoms. The van der Waals surface area contributed by atoms with Gasteiger partial charge in [-0.25, -0.2) is 0 Å². The Balaban J connectivity index is 1.72. The molecule has 146 valence electrons. The van der Waals surface area contributed by atoms with Gasteiger partial charge in [-0.2, -0.15) is 0 Å². The summed E-state index contributed by atoms with van der Waals surface area (Å²) in [4.78, 5) is 14.2. The smallest absolute Gasteiger partial charge is 0.251 e. The summed E-state index contributed by atoms with van der Waals surface area (Å²) in [6.45, 7) is 0.861. The lowest BCUT2D eigenvalue weighted by atomic mass is 9.92. The van der Waals surface area contributed by atoms with Crippen LogP contribution in [0.25, 0.3) is 0 Å². The van der Waals surface area contributed by atoms with E-state index in [-0.39, 0.29) is 11.9 Å². The maximum atomic E-state index is 11.9. The Labute approximate surface area is 177 Å². The average molecular weight is 390 g/mol. The fourth-order valence-corrected chi connectivity index (χ4v) is 3.79. The third kappa shape index (κ3) is 3.93. The molecule has 3 aromatic rings. The van der Waals surface area contributed by atoms with Gasteiger partial charge in [-0.1, -0.05) is 48.1 Å². The number of amides is 1. The zero-order chi connectivity index (χ0) is 20.9. The van der Waals surface area contributed by atoms with E-state index in [1.54, 1.807) is 7.05 Å². The molecule has 1 heterocycles. The summed E-state index contributed by atoms with van der Waals surface area (Å²) in [5.41, 5.74) is 5.98. The summed E-state index contributed by atoms with van der Waals surface area (Å²) in [6.07, 6.45) is 6.48. The SMILES string of the molecule is C#Cc1cccc(C#CC2c3ccccc3CCN2c2ccc(C(=O)NC)cc2)c1. The molecule has 1 atom stereocenters. The zero-order valence-electron chi connectivity index (χ0n) is 16.9. The van der Waals surface area contributed by atoms with Crippen molar-refractivity contribution in [1.29, 1.82) is 0 Å². The van der Waals surface area contributed by atoms with Gasteiger partial charge in [0, 0.05) is 36.0 Å². The van der Waals surface area contributed by atoms with Crippen LogP contribution in [-0.2, 0) is 6.42 Å². The first-order valence-electron chi connectivity index (χ1n) is 9.94. The summed E-state index contributed by atoms with van der Waals surface area (Å²) in [5.74, 6) is 9.36. The highest BCUT2D eigenvalue weighted by Gasteiger charge is 2.26. The fraction of sp³-hybridized carbons (Fsp3) is 0.148. The molecule has 1 aliphatic rings. The van der Waals surface area contributed by atoms with E-state index in [2.05, 4.69) is 52.2 Å². The van der Waals surface area contributed by atoms with Crippen LogP contribution in [0.4, 0.5) is 5.69 Å². The van der Waals surface area contributed by atoms with Gasteiger partial charge < -0.3 is 10.2 Å². The molecule has 0 fully saturated rings. The molecule has 0 radical (unpaired) electrons. The fourth-order valence-electron chi connectivity index (χ4n) is 3.79. The normalized spacial score (nSPS) is 14.7. The van der Waals surface area contributed by atoms with Crippen molar-refractivity contribution in [2.75, 3.05) is 18.5 Å². The molecule has 1 unspecified atom stereocenters. The van der Waals surface area contributed by atoms with Gasteiger partial charge in [0.15, 0.2) is 0 Å². The minimum atomic E-state index is -0.0877. The number of benzene rings is 3. The van der Waals surface area contributed by atoms with E-state index in [1.165, 1.54) is 11.1 Å². The Morgan fingerprint density at radius 2 is 1.80 bits per heavy atom. The van der Waals surface area contributed by atoms with Crippen LogP contribution in [0.1, 0.15) is 38.7 Å². The predicted molar refractivity (Wildman–Crippen MR) is 121 cm³/mol. The molecule has 3 heteroatoms. The summed E-state index contributed by atoms with van der Waals surface area (Å²) in [6, 6.07) is 23.8. The average Bonchev–Trinajstić information content (AvgIpc) is 2.82. The molecular weight excluding hydrogens is 368 g/mol.